The third kappa shape index (κ3) is 6.15. The summed E-state index contributed by atoms with van der Waals surface area (Å²) in [6, 6.07) is 0. The van der Waals surface area contributed by atoms with E-state index in [0.29, 0.717) is 0 Å². The molecule has 0 bridgehead atoms. The SMILES string of the molecule is C/C=C/[C@@H](OCOC)[C@H]1CC[C@H]([C@H]2CC[C@H]([C@@H](/C=C/C)OCOC)O2)O1. The monoisotopic (exact) mass is 370 g/mol. The molecule has 0 aromatic heterocycles. The maximum absolute atomic E-state index is 6.29. The van der Waals surface area contributed by atoms with E-state index in [1.807, 2.05) is 38.2 Å². The van der Waals surface area contributed by atoms with Crippen molar-refractivity contribution >= 4 is 0 Å². The summed E-state index contributed by atoms with van der Waals surface area (Å²) >= 11 is 0. The number of hydrogen-bond donors (Lipinski definition) is 0. The summed E-state index contributed by atoms with van der Waals surface area (Å²) in [6.45, 7) is 4.51. The predicted molar refractivity (Wildman–Crippen MR) is 98.9 cm³/mol. The van der Waals surface area contributed by atoms with Crippen LogP contribution in [0.1, 0.15) is 39.5 Å². The molecular formula is C20H34O6. The molecule has 2 saturated heterocycles. The van der Waals surface area contributed by atoms with Gasteiger partial charge in [0.15, 0.2) is 0 Å². The number of allylic oxidation sites excluding steroid dienone is 2. The van der Waals surface area contributed by atoms with Gasteiger partial charge in [-0.15, -0.1) is 0 Å². The van der Waals surface area contributed by atoms with E-state index < -0.39 is 0 Å². The molecule has 6 atom stereocenters. The van der Waals surface area contributed by atoms with Gasteiger partial charge < -0.3 is 28.4 Å². The fourth-order valence-corrected chi connectivity index (χ4v) is 3.65. The van der Waals surface area contributed by atoms with Crippen molar-refractivity contribution < 1.29 is 28.4 Å². The molecule has 2 heterocycles. The largest absolute Gasteiger partial charge is 0.369 e. The van der Waals surface area contributed by atoms with Crippen LogP contribution < -0.4 is 0 Å². The van der Waals surface area contributed by atoms with Gasteiger partial charge in [0.05, 0.1) is 24.4 Å². The molecule has 2 aliphatic heterocycles. The maximum Gasteiger partial charge on any atom is 0.147 e. The number of methoxy groups -OCH3 is 2. The Bertz CT molecular complexity index is 398. The number of ether oxygens (including phenoxy) is 6. The summed E-state index contributed by atoms with van der Waals surface area (Å²) < 4.78 is 34.1. The van der Waals surface area contributed by atoms with E-state index in [1.165, 1.54) is 0 Å². The van der Waals surface area contributed by atoms with E-state index in [9.17, 15) is 0 Å². The first kappa shape index (κ1) is 21.5. The van der Waals surface area contributed by atoms with Crippen LogP contribution >= 0.6 is 0 Å². The highest BCUT2D eigenvalue weighted by Crippen LogP contribution is 2.34. The number of rotatable bonds is 11. The van der Waals surface area contributed by atoms with Crippen LogP contribution in [0.4, 0.5) is 0 Å². The van der Waals surface area contributed by atoms with E-state index >= 15 is 0 Å². The highest BCUT2D eigenvalue weighted by atomic mass is 16.7. The third-order valence-corrected chi connectivity index (χ3v) is 4.84. The smallest absolute Gasteiger partial charge is 0.147 e. The van der Waals surface area contributed by atoms with Gasteiger partial charge in [0.25, 0.3) is 0 Å². The van der Waals surface area contributed by atoms with E-state index in [1.54, 1.807) is 14.2 Å². The molecule has 0 saturated carbocycles. The van der Waals surface area contributed by atoms with Gasteiger partial charge in [0, 0.05) is 14.2 Å². The van der Waals surface area contributed by atoms with Gasteiger partial charge in [-0.05, 0) is 39.5 Å². The lowest BCUT2D eigenvalue weighted by Crippen LogP contribution is -2.34. The summed E-state index contributed by atoms with van der Waals surface area (Å²) in [5.74, 6) is 0. The topological polar surface area (TPSA) is 55.4 Å². The van der Waals surface area contributed by atoms with Crippen molar-refractivity contribution in [3.63, 3.8) is 0 Å². The van der Waals surface area contributed by atoms with E-state index in [4.69, 9.17) is 28.4 Å². The zero-order valence-corrected chi connectivity index (χ0v) is 16.5. The Labute approximate surface area is 157 Å². The molecule has 0 unspecified atom stereocenters. The molecule has 2 fully saturated rings. The summed E-state index contributed by atoms with van der Waals surface area (Å²) in [6.07, 6.45) is 12.1. The van der Waals surface area contributed by atoms with Gasteiger partial charge >= 0.3 is 0 Å². The van der Waals surface area contributed by atoms with Gasteiger partial charge in [-0.2, -0.15) is 0 Å². The fraction of sp³-hybridized carbons (Fsp3) is 0.800. The van der Waals surface area contributed by atoms with Gasteiger partial charge in [-0.25, -0.2) is 0 Å². The van der Waals surface area contributed by atoms with Crippen LogP contribution in [0, 0.1) is 0 Å². The number of hydrogen-bond acceptors (Lipinski definition) is 6. The Hall–Kier alpha value is -0.760. The summed E-state index contributed by atoms with van der Waals surface area (Å²) in [7, 11) is 3.26. The predicted octanol–water partition coefficient (Wildman–Crippen LogP) is 3.21. The molecule has 0 aromatic rings. The molecule has 0 aliphatic carbocycles. The van der Waals surface area contributed by atoms with Crippen molar-refractivity contribution in [1.29, 1.82) is 0 Å². The Morgan fingerprint density at radius 3 is 1.54 bits per heavy atom. The molecule has 0 radical (unpaired) electrons. The van der Waals surface area contributed by atoms with Gasteiger partial charge in [0.2, 0.25) is 0 Å². The maximum atomic E-state index is 6.29. The average molecular weight is 370 g/mol. The standard InChI is InChI=1S/C20H34O6/c1-5-7-15(23-13-21-3)17-9-11-19(25-17)20-12-10-18(26-20)16(8-6-2)24-14-22-4/h5-8,15-20H,9-14H2,1-4H3/b7-5+,8-6+/t15-,16-,17-,18-,19-,20-/m1/s1. The molecule has 2 rings (SSSR count). The van der Waals surface area contributed by atoms with Crippen LogP contribution in [0.2, 0.25) is 0 Å². The minimum absolute atomic E-state index is 0.0464. The first-order valence-corrected chi connectivity index (χ1v) is 9.51. The van der Waals surface area contributed by atoms with E-state index in [2.05, 4.69) is 0 Å². The lowest BCUT2D eigenvalue weighted by molar-refractivity contribution is -0.141. The molecule has 6 heteroatoms. The molecule has 0 N–H and O–H groups in total. The van der Waals surface area contributed by atoms with Crippen LogP contribution in [-0.4, -0.2) is 64.4 Å². The lowest BCUT2D eigenvalue weighted by atomic mass is 10.0. The summed E-state index contributed by atoms with van der Waals surface area (Å²) in [5.41, 5.74) is 0. The Morgan fingerprint density at radius 1 is 0.769 bits per heavy atom. The molecular weight excluding hydrogens is 336 g/mol. The van der Waals surface area contributed by atoms with Gasteiger partial charge in [0.1, 0.15) is 25.8 Å². The average Bonchev–Trinajstić information content (AvgIpc) is 3.31. The van der Waals surface area contributed by atoms with Crippen molar-refractivity contribution in [2.75, 3.05) is 27.8 Å². The van der Waals surface area contributed by atoms with Crippen LogP contribution in [0.15, 0.2) is 24.3 Å². The second-order valence-electron chi connectivity index (χ2n) is 6.71. The fourth-order valence-electron chi connectivity index (χ4n) is 3.65. The molecule has 0 spiro atoms. The molecule has 150 valence electrons. The zero-order valence-electron chi connectivity index (χ0n) is 16.5. The van der Waals surface area contributed by atoms with Crippen molar-refractivity contribution in [1.82, 2.24) is 0 Å². The Morgan fingerprint density at radius 2 is 1.19 bits per heavy atom. The minimum Gasteiger partial charge on any atom is -0.369 e. The first-order chi connectivity index (χ1) is 12.7. The van der Waals surface area contributed by atoms with Crippen molar-refractivity contribution in [2.24, 2.45) is 0 Å². The highest BCUT2D eigenvalue weighted by Gasteiger charge is 2.41. The summed E-state index contributed by atoms with van der Waals surface area (Å²) in [5, 5.41) is 0. The normalized spacial score (nSPS) is 32.0. The Balaban J connectivity index is 1.86. The molecule has 0 aromatic carbocycles. The van der Waals surface area contributed by atoms with Crippen LogP contribution in [-0.2, 0) is 28.4 Å². The highest BCUT2D eigenvalue weighted by molar-refractivity contribution is 4.99. The van der Waals surface area contributed by atoms with E-state index in [-0.39, 0.29) is 50.2 Å². The molecule has 2 aliphatic rings. The third-order valence-electron chi connectivity index (χ3n) is 4.84. The lowest BCUT2D eigenvalue weighted by Gasteiger charge is -2.25. The minimum atomic E-state index is -0.0806. The molecule has 6 nitrogen and oxygen atoms in total. The zero-order chi connectivity index (χ0) is 18.8. The van der Waals surface area contributed by atoms with Crippen molar-refractivity contribution in [3.8, 4) is 0 Å². The van der Waals surface area contributed by atoms with Crippen LogP contribution in [0.3, 0.4) is 0 Å². The Kier molecular flexibility index (Phi) is 9.82. The second-order valence-corrected chi connectivity index (χ2v) is 6.71. The quantitative estimate of drug-likeness (QED) is 0.411. The van der Waals surface area contributed by atoms with Crippen molar-refractivity contribution in [2.45, 2.75) is 76.2 Å². The summed E-state index contributed by atoms with van der Waals surface area (Å²) in [4.78, 5) is 0. The van der Waals surface area contributed by atoms with E-state index in [0.717, 1.165) is 25.7 Å². The molecule has 26 heavy (non-hydrogen) atoms. The molecule has 0 amide bonds. The van der Waals surface area contributed by atoms with Crippen LogP contribution in [0.5, 0.6) is 0 Å². The van der Waals surface area contributed by atoms with Crippen molar-refractivity contribution in [3.05, 3.63) is 24.3 Å². The van der Waals surface area contributed by atoms with Gasteiger partial charge in [-0.1, -0.05) is 24.3 Å². The first-order valence-electron chi connectivity index (χ1n) is 9.51. The van der Waals surface area contributed by atoms with Gasteiger partial charge in [-0.3, -0.25) is 0 Å². The van der Waals surface area contributed by atoms with Crippen LogP contribution in [0.25, 0.3) is 0 Å². The second kappa shape index (κ2) is 11.8.